The lowest BCUT2D eigenvalue weighted by Gasteiger charge is -2.17. The molecule has 1 amide bonds. The number of ether oxygens (including phenoxy) is 1. The van der Waals surface area contributed by atoms with E-state index in [9.17, 15) is 14.4 Å². The smallest absolute Gasteiger partial charge is 0.306 e. The van der Waals surface area contributed by atoms with E-state index >= 15 is 0 Å². The summed E-state index contributed by atoms with van der Waals surface area (Å²) >= 11 is 1.29. The monoisotopic (exact) mass is 470 g/mol. The molecule has 3 aromatic rings. The van der Waals surface area contributed by atoms with Crippen molar-refractivity contribution in [2.75, 3.05) is 6.61 Å². The van der Waals surface area contributed by atoms with Gasteiger partial charge in [-0.3, -0.25) is 14.4 Å². The fraction of sp³-hybridized carbons (Fsp3) is 0.458. The average Bonchev–Trinajstić information content (AvgIpc) is 3.35. The predicted octanol–water partition coefficient (Wildman–Crippen LogP) is 3.74. The van der Waals surface area contributed by atoms with Crippen LogP contribution < -0.4 is 5.32 Å². The van der Waals surface area contributed by atoms with Crippen molar-refractivity contribution in [3.63, 3.8) is 0 Å². The Morgan fingerprint density at radius 1 is 1.15 bits per heavy atom. The number of carbonyl (C=O) groups excluding carboxylic acids is 3. The Kier molecular flexibility index (Phi) is 7.31. The molecule has 9 heteroatoms. The second-order valence-corrected chi connectivity index (χ2v) is 10.3. The van der Waals surface area contributed by atoms with Gasteiger partial charge in [0.1, 0.15) is 0 Å². The highest BCUT2D eigenvalue weighted by Gasteiger charge is 2.21. The van der Waals surface area contributed by atoms with E-state index in [-0.39, 0.29) is 24.7 Å². The molecular weight excluding hydrogens is 440 g/mol. The molecular formula is C24H30N4O4S. The molecule has 3 heterocycles. The van der Waals surface area contributed by atoms with Crippen molar-refractivity contribution in [1.29, 1.82) is 0 Å². The van der Waals surface area contributed by atoms with E-state index in [0.717, 1.165) is 33.2 Å². The number of carbonyl (C=O) groups is 3. The van der Waals surface area contributed by atoms with Crippen LogP contribution in [-0.2, 0) is 27.3 Å². The molecule has 0 aliphatic rings. The first-order valence-electron chi connectivity index (χ1n) is 10.8. The molecule has 0 saturated heterocycles. The van der Waals surface area contributed by atoms with Crippen LogP contribution in [0.2, 0.25) is 0 Å². The summed E-state index contributed by atoms with van der Waals surface area (Å²) in [6, 6.07) is 5.41. The van der Waals surface area contributed by atoms with E-state index in [2.05, 4.69) is 15.4 Å². The average molecular weight is 471 g/mol. The Balaban J connectivity index is 1.50. The number of aryl methyl sites for hydroxylation is 3. The van der Waals surface area contributed by atoms with Crippen LogP contribution in [0.3, 0.4) is 0 Å². The molecule has 0 saturated carbocycles. The minimum Gasteiger partial charge on any atom is -0.457 e. The van der Waals surface area contributed by atoms with Gasteiger partial charge < -0.3 is 10.1 Å². The van der Waals surface area contributed by atoms with Gasteiger partial charge in [-0.05, 0) is 44.9 Å². The summed E-state index contributed by atoms with van der Waals surface area (Å²) in [7, 11) is 0. The SMILES string of the molecule is Cc1cc2nc(C)c(CCC(=O)OCC(=O)c3ccc(CNC(=O)C(C)(C)C)s3)c(C)n2n1. The lowest BCUT2D eigenvalue weighted by atomic mass is 9.96. The number of ketones is 1. The summed E-state index contributed by atoms with van der Waals surface area (Å²) in [5, 5.41) is 7.30. The lowest BCUT2D eigenvalue weighted by Crippen LogP contribution is -2.34. The number of nitrogens with zero attached hydrogens (tertiary/aromatic N) is 3. The first kappa shape index (κ1) is 24.6. The van der Waals surface area contributed by atoms with E-state index in [1.165, 1.54) is 11.3 Å². The van der Waals surface area contributed by atoms with Crippen LogP contribution in [0.5, 0.6) is 0 Å². The molecule has 33 heavy (non-hydrogen) atoms. The first-order chi connectivity index (χ1) is 15.5. The highest BCUT2D eigenvalue weighted by molar-refractivity contribution is 7.14. The van der Waals surface area contributed by atoms with Crippen molar-refractivity contribution < 1.29 is 19.1 Å². The molecule has 0 radical (unpaired) electrons. The number of Topliss-reactive ketones (excluding diaryl/α,β-unsaturated/α-hetero) is 1. The van der Waals surface area contributed by atoms with Crippen LogP contribution in [0, 0.1) is 26.2 Å². The second-order valence-electron chi connectivity index (χ2n) is 9.10. The fourth-order valence-electron chi connectivity index (χ4n) is 3.37. The summed E-state index contributed by atoms with van der Waals surface area (Å²) in [4.78, 5) is 42.6. The highest BCUT2D eigenvalue weighted by atomic mass is 32.1. The van der Waals surface area contributed by atoms with Gasteiger partial charge in [0.2, 0.25) is 11.7 Å². The summed E-state index contributed by atoms with van der Waals surface area (Å²) in [5.41, 5.74) is 3.95. The van der Waals surface area contributed by atoms with Crippen LogP contribution in [0.1, 0.15) is 64.4 Å². The van der Waals surface area contributed by atoms with Gasteiger partial charge in [0.25, 0.3) is 0 Å². The van der Waals surface area contributed by atoms with Gasteiger partial charge in [0.15, 0.2) is 12.3 Å². The van der Waals surface area contributed by atoms with Crippen LogP contribution in [0.4, 0.5) is 0 Å². The molecule has 0 aliphatic carbocycles. The number of fused-ring (bicyclic) bond motifs is 1. The van der Waals surface area contributed by atoms with E-state index < -0.39 is 11.4 Å². The van der Waals surface area contributed by atoms with E-state index in [1.54, 1.807) is 16.6 Å². The van der Waals surface area contributed by atoms with Crippen molar-refractivity contribution in [3.05, 3.63) is 50.6 Å². The Labute approximate surface area is 197 Å². The number of amides is 1. The third-order valence-corrected chi connectivity index (χ3v) is 6.40. The minimum absolute atomic E-state index is 0.0554. The topological polar surface area (TPSA) is 103 Å². The zero-order valence-electron chi connectivity index (χ0n) is 19.9. The normalized spacial score (nSPS) is 11.6. The standard InChI is InChI=1S/C24H30N4O4S/c1-14-11-21-26-15(2)18(16(3)28(21)27-14)8-10-22(30)32-13-19(29)20-9-7-17(33-20)12-25-23(31)24(4,5)6/h7,9,11H,8,10,12-13H2,1-6H3,(H,25,31). The van der Waals surface area contributed by atoms with Gasteiger partial charge in [0, 0.05) is 34.2 Å². The van der Waals surface area contributed by atoms with Gasteiger partial charge in [0.05, 0.1) is 17.1 Å². The van der Waals surface area contributed by atoms with Crippen molar-refractivity contribution in [3.8, 4) is 0 Å². The molecule has 0 unspecified atom stereocenters. The molecule has 176 valence electrons. The zero-order valence-corrected chi connectivity index (χ0v) is 20.8. The minimum atomic E-state index is -0.472. The first-order valence-corrected chi connectivity index (χ1v) is 11.7. The lowest BCUT2D eigenvalue weighted by molar-refractivity contribution is -0.142. The van der Waals surface area contributed by atoms with Crippen molar-refractivity contribution in [2.24, 2.45) is 5.41 Å². The zero-order chi connectivity index (χ0) is 24.3. The van der Waals surface area contributed by atoms with Gasteiger partial charge in [-0.25, -0.2) is 9.50 Å². The highest BCUT2D eigenvalue weighted by Crippen LogP contribution is 2.20. The van der Waals surface area contributed by atoms with E-state index in [0.29, 0.717) is 17.8 Å². The van der Waals surface area contributed by atoms with E-state index in [1.807, 2.05) is 47.6 Å². The van der Waals surface area contributed by atoms with Crippen LogP contribution in [0.15, 0.2) is 18.2 Å². The summed E-state index contributed by atoms with van der Waals surface area (Å²) in [6.45, 7) is 11.4. The van der Waals surface area contributed by atoms with Crippen LogP contribution >= 0.6 is 11.3 Å². The van der Waals surface area contributed by atoms with Crippen molar-refractivity contribution in [2.45, 2.75) is 60.9 Å². The number of hydrogen-bond donors (Lipinski definition) is 1. The van der Waals surface area contributed by atoms with Crippen molar-refractivity contribution >= 4 is 34.6 Å². The van der Waals surface area contributed by atoms with Gasteiger partial charge >= 0.3 is 5.97 Å². The molecule has 0 aromatic carbocycles. The number of rotatable bonds is 8. The van der Waals surface area contributed by atoms with Crippen LogP contribution in [-0.4, -0.2) is 38.9 Å². The molecule has 0 bridgehead atoms. The molecule has 0 spiro atoms. The molecule has 0 aliphatic heterocycles. The summed E-state index contributed by atoms with van der Waals surface area (Å²) in [6.07, 6.45) is 0.611. The maximum Gasteiger partial charge on any atom is 0.306 e. The van der Waals surface area contributed by atoms with Crippen molar-refractivity contribution in [1.82, 2.24) is 19.9 Å². The molecule has 1 N–H and O–H groups in total. The quantitative estimate of drug-likeness (QED) is 0.397. The fourth-order valence-corrected chi connectivity index (χ4v) is 4.25. The summed E-state index contributed by atoms with van der Waals surface area (Å²) in [5.74, 6) is -0.752. The Morgan fingerprint density at radius 3 is 2.58 bits per heavy atom. The molecule has 3 aromatic heterocycles. The molecule has 3 rings (SSSR count). The molecule has 0 atom stereocenters. The third kappa shape index (κ3) is 6.04. The molecule has 8 nitrogen and oxygen atoms in total. The number of aromatic nitrogens is 3. The van der Waals surface area contributed by atoms with Gasteiger partial charge in [-0.15, -0.1) is 11.3 Å². The Bertz CT molecular complexity index is 1200. The van der Waals surface area contributed by atoms with Gasteiger partial charge in [-0.1, -0.05) is 20.8 Å². The largest absolute Gasteiger partial charge is 0.457 e. The maximum absolute atomic E-state index is 12.4. The van der Waals surface area contributed by atoms with Crippen LogP contribution in [0.25, 0.3) is 5.65 Å². The summed E-state index contributed by atoms with van der Waals surface area (Å²) < 4.78 is 6.99. The van der Waals surface area contributed by atoms with Gasteiger partial charge in [-0.2, -0.15) is 5.10 Å². The third-order valence-electron chi connectivity index (χ3n) is 5.27. The van der Waals surface area contributed by atoms with E-state index in [4.69, 9.17) is 4.74 Å². The predicted molar refractivity (Wildman–Crippen MR) is 126 cm³/mol. The Morgan fingerprint density at radius 2 is 1.88 bits per heavy atom. The maximum atomic E-state index is 12.4. The molecule has 0 fully saturated rings. The number of nitrogens with one attached hydrogen (secondary N) is 1. The number of esters is 1. The second kappa shape index (κ2) is 9.82. The number of hydrogen-bond acceptors (Lipinski definition) is 7. The Hall–Kier alpha value is -3.07. The number of thiophene rings is 1.